The molecule has 1 amide bonds. The van der Waals surface area contributed by atoms with Gasteiger partial charge in [-0.3, -0.25) is 14.3 Å². The highest BCUT2D eigenvalue weighted by Crippen LogP contribution is 2.29. The third-order valence-electron chi connectivity index (χ3n) is 7.62. The number of likely N-dealkylation sites (N-methyl/N-ethyl adjacent to an activating group) is 1. The molecule has 4 aromatic rings. The van der Waals surface area contributed by atoms with Gasteiger partial charge in [-0.15, -0.1) is 0 Å². The van der Waals surface area contributed by atoms with Gasteiger partial charge in [0.15, 0.2) is 5.82 Å². The molecule has 0 atom stereocenters. The zero-order chi connectivity index (χ0) is 32.5. The van der Waals surface area contributed by atoms with Gasteiger partial charge in [-0.1, -0.05) is 43.7 Å². The Kier molecular flexibility index (Phi) is 10.7. The first-order chi connectivity index (χ1) is 22.4. The highest BCUT2D eigenvalue weighted by atomic mass is 16.5. The van der Waals surface area contributed by atoms with Crippen molar-refractivity contribution in [2.24, 2.45) is 4.99 Å². The minimum Gasteiger partial charge on any atom is -0.457 e. The zero-order valence-corrected chi connectivity index (χ0v) is 26.6. The standard InChI is InChI=1S/C36H40N6O4/c1-4-5-20-38-35-34(27(2)37)41(28-16-18-32(19-17-28)46-31-13-7-6-8-14-31)36(44)42(35)30-12-9-11-29(26-30)39(3)33(43)15-10-21-40-22-24-45-25-23-40/h6-20,26,37H,4-5,21-25H2,1-3H3. The topological polar surface area (TPSA) is 105 Å². The third-order valence-corrected chi connectivity index (χ3v) is 7.62. The van der Waals surface area contributed by atoms with E-state index in [1.54, 1.807) is 67.6 Å². The fourth-order valence-corrected chi connectivity index (χ4v) is 5.15. The molecule has 46 heavy (non-hydrogen) atoms. The number of carbonyl (C=O) groups excluding carboxylic acids is 1. The number of hydrogen-bond donors (Lipinski definition) is 1. The molecule has 0 spiro atoms. The Labute approximate surface area is 269 Å². The van der Waals surface area contributed by atoms with E-state index in [4.69, 9.17) is 19.9 Å². The first kappa shape index (κ1) is 32.3. The third kappa shape index (κ3) is 7.59. The lowest BCUT2D eigenvalue weighted by Gasteiger charge is -2.25. The van der Waals surface area contributed by atoms with Crippen LogP contribution in [0.5, 0.6) is 11.5 Å². The fourth-order valence-electron chi connectivity index (χ4n) is 5.15. The van der Waals surface area contributed by atoms with Gasteiger partial charge in [0, 0.05) is 44.7 Å². The molecule has 1 aliphatic heterocycles. The number of hydrogen-bond acceptors (Lipinski definition) is 7. The van der Waals surface area contributed by atoms with Crippen LogP contribution in [0.4, 0.5) is 11.5 Å². The molecule has 2 heterocycles. The van der Waals surface area contributed by atoms with Crippen molar-refractivity contribution in [3.63, 3.8) is 0 Å². The number of imidazole rings is 1. The van der Waals surface area contributed by atoms with Crippen molar-refractivity contribution in [2.75, 3.05) is 44.8 Å². The van der Waals surface area contributed by atoms with Crippen LogP contribution in [0.1, 0.15) is 32.4 Å². The average Bonchev–Trinajstić information content (AvgIpc) is 3.37. The summed E-state index contributed by atoms with van der Waals surface area (Å²) in [5, 5.41) is 8.67. The zero-order valence-electron chi connectivity index (χ0n) is 26.6. The molecule has 1 aliphatic rings. The van der Waals surface area contributed by atoms with Crippen LogP contribution in [0, 0.1) is 5.41 Å². The molecule has 1 N–H and O–H groups in total. The second-order valence-electron chi connectivity index (χ2n) is 11.0. The number of para-hydroxylation sites is 1. The molecule has 1 fully saturated rings. The monoisotopic (exact) mass is 620 g/mol. The molecule has 0 bridgehead atoms. The van der Waals surface area contributed by atoms with Crippen molar-refractivity contribution in [1.29, 1.82) is 5.41 Å². The Morgan fingerprint density at radius 3 is 2.39 bits per heavy atom. The lowest BCUT2D eigenvalue weighted by molar-refractivity contribution is -0.113. The molecule has 10 heteroatoms. The number of nitrogens with one attached hydrogen (secondary N) is 1. The van der Waals surface area contributed by atoms with E-state index in [2.05, 4.69) is 11.8 Å². The number of aliphatic imine (C=N–C) groups is 1. The summed E-state index contributed by atoms with van der Waals surface area (Å²) in [6.07, 6.45) is 6.83. The predicted molar refractivity (Wildman–Crippen MR) is 183 cm³/mol. The van der Waals surface area contributed by atoms with Gasteiger partial charge in [0.1, 0.15) is 17.2 Å². The van der Waals surface area contributed by atoms with Crippen molar-refractivity contribution < 1.29 is 14.3 Å². The molecule has 10 nitrogen and oxygen atoms in total. The first-order valence-electron chi connectivity index (χ1n) is 15.5. The van der Waals surface area contributed by atoms with E-state index in [1.165, 1.54) is 9.13 Å². The van der Waals surface area contributed by atoms with Gasteiger partial charge >= 0.3 is 5.69 Å². The molecule has 0 saturated carbocycles. The number of rotatable bonds is 12. The minimum atomic E-state index is -0.376. The van der Waals surface area contributed by atoms with Crippen LogP contribution in [-0.2, 0) is 9.53 Å². The number of anilines is 1. The van der Waals surface area contributed by atoms with Crippen molar-refractivity contribution in [1.82, 2.24) is 14.0 Å². The Balaban J connectivity index is 1.50. The number of unbranched alkanes of at least 4 members (excludes halogenated alkanes) is 1. The summed E-state index contributed by atoms with van der Waals surface area (Å²) in [7, 11) is 1.71. The van der Waals surface area contributed by atoms with Gasteiger partial charge in [-0.05, 0) is 67.9 Å². The highest BCUT2D eigenvalue weighted by Gasteiger charge is 2.24. The second-order valence-corrected chi connectivity index (χ2v) is 11.0. The number of ether oxygens (including phenoxy) is 2. The maximum atomic E-state index is 14.3. The van der Waals surface area contributed by atoms with E-state index in [-0.39, 0.29) is 17.3 Å². The van der Waals surface area contributed by atoms with Crippen molar-refractivity contribution in [3.8, 4) is 22.9 Å². The Bertz CT molecular complexity index is 1770. The fraction of sp³-hybridized carbons (Fsp3) is 0.278. The van der Waals surface area contributed by atoms with E-state index < -0.39 is 0 Å². The summed E-state index contributed by atoms with van der Waals surface area (Å²) in [6, 6.07) is 23.9. The van der Waals surface area contributed by atoms with Gasteiger partial charge in [-0.2, -0.15) is 0 Å². The van der Waals surface area contributed by atoms with Crippen LogP contribution < -0.4 is 15.3 Å². The number of morpholine rings is 1. The largest absolute Gasteiger partial charge is 0.457 e. The van der Waals surface area contributed by atoms with Crippen molar-refractivity contribution in [2.45, 2.75) is 26.7 Å². The number of benzene rings is 3. The highest BCUT2D eigenvalue weighted by molar-refractivity contribution is 6.01. The Morgan fingerprint density at radius 2 is 1.70 bits per heavy atom. The smallest absolute Gasteiger partial charge is 0.339 e. The molecule has 0 radical (unpaired) electrons. The minimum absolute atomic E-state index is 0.176. The van der Waals surface area contributed by atoms with Crippen molar-refractivity contribution in [3.05, 3.63) is 107 Å². The normalized spacial score (nSPS) is 13.8. The van der Waals surface area contributed by atoms with Crippen LogP contribution in [0.15, 0.2) is 101 Å². The van der Waals surface area contributed by atoms with E-state index in [0.29, 0.717) is 59.8 Å². The number of nitrogens with zero attached hydrogens (tertiary/aromatic N) is 5. The maximum Gasteiger partial charge on any atom is 0.339 e. The molecular weight excluding hydrogens is 580 g/mol. The summed E-state index contributed by atoms with van der Waals surface area (Å²) in [5.41, 5.74) is 1.93. The predicted octanol–water partition coefficient (Wildman–Crippen LogP) is 6.16. The van der Waals surface area contributed by atoms with Gasteiger partial charge in [0.25, 0.3) is 0 Å². The Hall–Kier alpha value is -5.06. The summed E-state index contributed by atoms with van der Waals surface area (Å²) in [4.78, 5) is 35.8. The summed E-state index contributed by atoms with van der Waals surface area (Å²) in [5.74, 6) is 1.51. The van der Waals surface area contributed by atoms with E-state index in [1.807, 2.05) is 48.5 Å². The van der Waals surface area contributed by atoms with E-state index >= 15 is 0 Å². The quantitative estimate of drug-likeness (QED) is 0.151. The number of aromatic nitrogens is 2. The molecule has 1 aromatic heterocycles. The van der Waals surface area contributed by atoms with Crippen molar-refractivity contribution >= 4 is 29.3 Å². The molecule has 1 saturated heterocycles. The molecule has 0 aliphatic carbocycles. The van der Waals surface area contributed by atoms with Crippen LogP contribution in [0.2, 0.25) is 0 Å². The Morgan fingerprint density at radius 1 is 0.978 bits per heavy atom. The van der Waals surface area contributed by atoms with Crippen LogP contribution in [0.3, 0.4) is 0 Å². The van der Waals surface area contributed by atoms with Crippen LogP contribution in [-0.4, -0.2) is 71.8 Å². The summed E-state index contributed by atoms with van der Waals surface area (Å²) in [6.45, 7) is 7.47. The van der Waals surface area contributed by atoms with Crippen LogP contribution in [0.25, 0.3) is 11.4 Å². The van der Waals surface area contributed by atoms with Gasteiger partial charge in [0.05, 0.1) is 30.3 Å². The maximum absolute atomic E-state index is 14.3. The van der Waals surface area contributed by atoms with Gasteiger partial charge < -0.3 is 19.8 Å². The van der Waals surface area contributed by atoms with Gasteiger partial charge in [0.2, 0.25) is 5.91 Å². The molecule has 5 rings (SSSR count). The molecule has 0 unspecified atom stereocenters. The van der Waals surface area contributed by atoms with E-state index in [0.717, 1.165) is 25.9 Å². The molecule has 3 aromatic carbocycles. The van der Waals surface area contributed by atoms with E-state index in [9.17, 15) is 9.59 Å². The SMILES string of the molecule is CCCC=Nc1c(C(C)=N)n(-c2ccc(Oc3ccccc3)cc2)c(=O)n1-c1cccc(N(C)C(=O)C=CCN2CCOCC2)c1. The van der Waals surface area contributed by atoms with Crippen LogP contribution >= 0.6 is 0 Å². The lowest BCUT2D eigenvalue weighted by atomic mass is 10.2. The molecule has 238 valence electrons. The van der Waals surface area contributed by atoms with Gasteiger partial charge in [-0.25, -0.2) is 14.4 Å². The second kappa shape index (κ2) is 15.3. The lowest BCUT2D eigenvalue weighted by Crippen LogP contribution is -2.36. The number of amides is 1. The summed E-state index contributed by atoms with van der Waals surface area (Å²) < 4.78 is 14.3. The average molecular weight is 621 g/mol. The number of carbonyl (C=O) groups is 1. The molecular formula is C36H40N6O4. The first-order valence-corrected chi connectivity index (χ1v) is 15.5. The summed E-state index contributed by atoms with van der Waals surface area (Å²) >= 11 is 0.